The number of hydrogen-bond acceptors (Lipinski definition) is 4. The number of thioether (sulfide) groups is 1. The van der Waals surface area contributed by atoms with E-state index in [0.29, 0.717) is 18.8 Å². The van der Waals surface area contributed by atoms with Gasteiger partial charge >= 0.3 is 0 Å². The zero-order valence-corrected chi connectivity index (χ0v) is 11.0. The van der Waals surface area contributed by atoms with Crippen LogP contribution in [0.25, 0.3) is 0 Å². The minimum Gasteiger partial charge on any atom is -0.299 e. The van der Waals surface area contributed by atoms with Crippen LogP contribution in [0.3, 0.4) is 0 Å². The molecule has 0 aromatic heterocycles. The third-order valence-electron chi connectivity index (χ3n) is 3.52. The van der Waals surface area contributed by atoms with Crippen molar-refractivity contribution in [3.63, 3.8) is 0 Å². The number of sulfone groups is 1. The van der Waals surface area contributed by atoms with Crippen LogP contribution in [-0.4, -0.2) is 37.2 Å². The summed E-state index contributed by atoms with van der Waals surface area (Å²) >= 11 is 1.95. The molecule has 1 unspecified atom stereocenters. The van der Waals surface area contributed by atoms with E-state index in [0.717, 1.165) is 24.3 Å². The van der Waals surface area contributed by atoms with Crippen LogP contribution in [0.2, 0.25) is 0 Å². The van der Waals surface area contributed by atoms with E-state index in [1.54, 1.807) is 0 Å². The van der Waals surface area contributed by atoms with Gasteiger partial charge in [-0.2, -0.15) is 11.8 Å². The Labute approximate surface area is 101 Å². The van der Waals surface area contributed by atoms with Crippen LogP contribution < -0.4 is 0 Å². The Morgan fingerprint density at radius 1 is 1.19 bits per heavy atom. The molecule has 0 aliphatic carbocycles. The molecule has 0 aromatic rings. The van der Waals surface area contributed by atoms with E-state index in [9.17, 15) is 13.2 Å². The van der Waals surface area contributed by atoms with Gasteiger partial charge in [0.15, 0.2) is 9.84 Å². The van der Waals surface area contributed by atoms with Gasteiger partial charge in [-0.3, -0.25) is 4.79 Å². The summed E-state index contributed by atoms with van der Waals surface area (Å²) < 4.78 is 22.6. The Morgan fingerprint density at radius 2 is 1.88 bits per heavy atom. The van der Waals surface area contributed by atoms with Crippen molar-refractivity contribution in [2.24, 2.45) is 11.8 Å². The summed E-state index contributed by atoms with van der Waals surface area (Å²) in [4.78, 5) is 11.9. The summed E-state index contributed by atoms with van der Waals surface area (Å²) in [6.07, 6.45) is 3.41. The quantitative estimate of drug-likeness (QED) is 0.774. The second-order valence-corrected chi connectivity index (χ2v) is 8.28. The highest BCUT2D eigenvalue weighted by molar-refractivity contribution is 7.99. The summed E-state index contributed by atoms with van der Waals surface area (Å²) in [5.41, 5.74) is 0. The second kappa shape index (κ2) is 5.08. The molecule has 5 heteroatoms. The van der Waals surface area contributed by atoms with Gasteiger partial charge in [-0.15, -0.1) is 0 Å². The van der Waals surface area contributed by atoms with Gasteiger partial charge in [0.05, 0.1) is 11.5 Å². The highest BCUT2D eigenvalue weighted by Crippen LogP contribution is 2.28. The highest BCUT2D eigenvalue weighted by Gasteiger charge is 2.33. The van der Waals surface area contributed by atoms with Gasteiger partial charge in [0.1, 0.15) is 5.78 Å². The van der Waals surface area contributed by atoms with Crippen molar-refractivity contribution in [3.8, 4) is 0 Å². The molecule has 0 radical (unpaired) electrons. The second-order valence-electron chi connectivity index (χ2n) is 4.83. The molecule has 2 heterocycles. The van der Waals surface area contributed by atoms with E-state index in [1.165, 1.54) is 0 Å². The molecule has 2 fully saturated rings. The van der Waals surface area contributed by atoms with Crippen molar-refractivity contribution in [2.75, 3.05) is 23.0 Å². The molecule has 2 rings (SSSR count). The molecule has 1 atom stereocenters. The van der Waals surface area contributed by atoms with Gasteiger partial charge in [0.2, 0.25) is 0 Å². The van der Waals surface area contributed by atoms with Crippen molar-refractivity contribution in [1.29, 1.82) is 0 Å². The maximum absolute atomic E-state index is 11.9. The monoisotopic (exact) mass is 262 g/mol. The molecule has 3 nitrogen and oxygen atoms in total. The van der Waals surface area contributed by atoms with E-state index < -0.39 is 9.84 Å². The first-order valence-electron chi connectivity index (χ1n) is 5.88. The topological polar surface area (TPSA) is 51.2 Å². The minimum atomic E-state index is -2.91. The summed E-state index contributed by atoms with van der Waals surface area (Å²) in [6.45, 7) is 0. The van der Waals surface area contributed by atoms with Crippen LogP contribution in [0.1, 0.15) is 25.7 Å². The van der Waals surface area contributed by atoms with E-state index >= 15 is 0 Å². The molecule has 0 bridgehead atoms. The lowest BCUT2D eigenvalue weighted by Gasteiger charge is -2.21. The lowest BCUT2D eigenvalue weighted by molar-refractivity contribution is -0.123. The van der Waals surface area contributed by atoms with Crippen LogP contribution in [0.15, 0.2) is 0 Å². The van der Waals surface area contributed by atoms with E-state index in [-0.39, 0.29) is 23.2 Å². The number of carbonyl (C=O) groups excluding carboxylic acids is 1. The Hall–Kier alpha value is -0.0300. The Balaban J connectivity index is 1.84. The standard InChI is InChI=1S/C11H18O3S2/c12-11(7-9-1-4-15-5-2-9)10-3-6-16(13,14)8-10/h9-10H,1-8H2. The Bertz CT molecular complexity index is 355. The molecule has 0 aromatic carbocycles. The lowest BCUT2D eigenvalue weighted by Crippen LogP contribution is -2.21. The fourth-order valence-corrected chi connectivity index (χ4v) is 5.43. The first-order valence-corrected chi connectivity index (χ1v) is 8.85. The first-order chi connectivity index (χ1) is 7.57. The molecule has 0 saturated carbocycles. The van der Waals surface area contributed by atoms with Gasteiger partial charge in [0.25, 0.3) is 0 Å². The summed E-state index contributed by atoms with van der Waals surface area (Å²) in [5, 5.41) is 0. The normalized spacial score (nSPS) is 30.4. The number of ketones is 1. The summed E-state index contributed by atoms with van der Waals surface area (Å²) in [6, 6.07) is 0. The molecular weight excluding hydrogens is 244 g/mol. The van der Waals surface area contributed by atoms with Crippen LogP contribution in [-0.2, 0) is 14.6 Å². The van der Waals surface area contributed by atoms with Gasteiger partial charge in [-0.25, -0.2) is 8.42 Å². The molecule has 16 heavy (non-hydrogen) atoms. The Morgan fingerprint density at radius 3 is 2.44 bits per heavy atom. The smallest absolute Gasteiger partial charge is 0.151 e. The SMILES string of the molecule is O=C(CC1CCSCC1)C1CCS(=O)(=O)C1. The van der Waals surface area contributed by atoms with Crippen molar-refractivity contribution < 1.29 is 13.2 Å². The third kappa shape index (κ3) is 3.23. The average molecular weight is 262 g/mol. The van der Waals surface area contributed by atoms with E-state index in [1.807, 2.05) is 11.8 Å². The van der Waals surface area contributed by atoms with Gasteiger partial charge in [-0.1, -0.05) is 0 Å². The summed E-state index contributed by atoms with van der Waals surface area (Å²) in [5.74, 6) is 3.13. The molecule has 2 saturated heterocycles. The molecular formula is C11H18O3S2. The average Bonchev–Trinajstić information content (AvgIpc) is 2.60. The predicted molar refractivity (Wildman–Crippen MR) is 66.4 cm³/mol. The van der Waals surface area contributed by atoms with Crippen LogP contribution in [0.5, 0.6) is 0 Å². The third-order valence-corrected chi connectivity index (χ3v) is 6.34. The first kappa shape index (κ1) is 12.4. The Kier molecular flexibility index (Phi) is 3.95. The minimum absolute atomic E-state index is 0.104. The number of hydrogen-bond donors (Lipinski definition) is 0. The molecule has 92 valence electrons. The number of carbonyl (C=O) groups is 1. The molecule has 2 aliphatic heterocycles. The maximum Gasteiger partial charge on any atom is 0.151 e. The van der Waals surface area contributed by atoms with Crippen LogP contribution >= 0.6 is 11.8 Å². The van der Waals surface area contributed by atoms with Gasteiger partial charge in [0, 0.05) is 12.3 Å². The summed E-state index contributed by atoms with van der Waals surface area (Å²) in [7, 11) is -2.91. The molecule has 2 aliphatic rings. The van der Waals surface area contributed by atoms with E-state index in [2.05, 4.69) is 0 Å². The van der Waals surface area contributed by atoms with Crippen LogP contribution in [0.4, 0.5) is 0 Å². The molecule has 0 spiro atoms. The largest absolute Gasteiger partial charge is 0.299 e. The number of Topliss-reactive ketones (excluding diaryl/α,β-unsaturated/α-hetero) is 1. The van der Waals surface area contributed by atoms with Crippen molar-refractivity contribution in [3.05, 3.63) is 0 Å². The zero-order valence-electron chi connectivity index (χ0n) is 9.35. The van der Waals surface area contributed by atoms with Crippen molar-refractivity contribution >= 4 is 27.4 Å². The predicted octanol–water partition coefficient (Wildman–Crippen LogP) is 1.52. The fraction of sp³-hybridized carbons (Fsp3) is 0.909. The van der Waals surface area contributed by atoms with Crippen molar-refractivity contribution in [2.45, 2.75) is 25.7 Å². The molecule has 0 N–H and O–H groups in total. The van der Waals surface area contributed by atoms with Gasteiger partial charge < -0.3 is 0 Å². The van der Waals surface area contributed by atoms with Crippen molar-refractivity contribution in [1.82, 2.24) is 0 Å². The molecule has 0 amide bonds. The fourth-order valence-electron chi connectivity index (χ4n) is 2.45. The van der Waals surface area contributed by atoms with Gasteiger partial charge in [-0.05, 0) is 36.7 Å². The number of rotatable bonds is 3. The van der Waals surface area contributed by atoms with Crippen LogP contribution in [0, 0.1) is 11.8 Å². The van der Waals surface area contributed by atoms with E-state index in [4.69, 9.17) is 0 Å². The highest BCUT2D eigenvalue weighted by atomic mass is 32.2. The lowest BCUT2D eigenvalue weighted by atomic mass is 9.90. The zero-order chi connectivity index (χ0) is 11.6. The maximum atomic E-state index is 11.9.